The number of nitrogens with zero attached hydrogens (tertiary/aromatic N) is 3. The van der Waals surface area contributed by atoms with Gasteiger partial charge in [0, 0.05) is 0 Å². The van der Waals surface area contributed by atoms with Gasteiger partial charge in [-0.2, -0.15) is 0 Å². The molecule has 0 aliphatic carbocycles. The average molecular weight is 599 g/mol. The zero-order chi connectivity index (χ0) is 15.7. The van der Waals surface area contributed by atoms with Crippen LogP contribution in [0.5, 0.6) is 0 Å². The van der Waals surface area contributed by atoms with Crippen molar-refractivity contribution in [3.8, 4) is 5.40 Å². The van der Waals surface area contributed by atoms with Gasteiger partial charge in [0.2, 0.25) is 0 Å². The van der Waals surface area contributed by atoms with Gasteiger partial charge in [-0.15, -0.1) is 36.6 Å². The van der Waals surface area contributed by atoms with Crippen LogP contribution < -0.4 is 0 Å². The SMILES string of the molecule is C1=Cc2ccc3c(c2[N-]C1)[N-]CC=C3.N#C[S-].[Br][Sn]([Br])[Br]. The first-order chi connectivity index (χ1) is 10.1. The van der Waals surface area contributed by atoms with Crippen molar-refractivity contribution in [1.29, 1.82) is 5.26 Å². The number of halogens is 3. The van der Waals surface area contributed by atoms with Crippen LogP contribution in [-0.4, -0.2) is 26.2 Å². The van der Waals surface area contributed by atoms with E-state index in [9.17, 15) is 0 Å². The maximum absolute atomic E-state index is 7.13. The Kier molecular flexibility index (Phi) is 10.0. The van der Waals surface area contributed by atoms with Crippen LogP contribution in [0.25, 0.3) is 22.8 Å². The van der Waals surface area contributed by atoms with Crippen LogP contribution >= 0.6 is 38.1 Å². The van der Waals surface area contributed by atoms with E-state index >= 15 is 0 Å². The van der Waals surface area contributed by atoms with Crippen LogP contribution in [-0.2, 0) is 12.6 Å². The molecule has 2 heterocycles. The summed E-state index contributed by atoms with van der Waals surface area (Å²) >= 11 is 12.5. The van der Waals surface area contributed by atoms with E-state index in [2.05, 4.69) is 97.8 Å². The summed E-state index contributed by atoms with van der Waals surface area (Å²) in [6.45, 7) is 1.56. The monoisotopic (exact) mass is 597 g/mol. The first-order valence-corrected chi connectivity index (χ1v) is 25.4. The molecule has 0 atom stereocenters. The second kappa shape index (κ2) is 10.9. The third-order valence-corrected chi connectivity index (χ3v) is 2.52. The van der Waals surface area contributed by atoms with E-state index < -0.39 is 13.1 Å². The van der Waals surface area contributed by atoms with Crippen LogP contribution in [0.4, 0.5) is 11.4 Å². The summed E-state index contributed by atoms with van der Waals surface area (Å²) in [6.07, 6.45) is 8.40. The van der Waals surface area contributed by atoms with Crippen LogP contribution in [0.1, 0.15) is 11.1 Å². The van der Waals surface area contributed by atoms with Crippen LogP contribution in [0.2, 0.25) is 0 Å². The summed E-state index contributed by atoms with van der Waals surface area (Å²) in [6, 6.07) is 4.22. The van der Waals surface area contributed by atoms with Crippen molar-refractivity contribution in [1.82, 2.24) is 0 Å². The molecule has 1 radical (unpaired) electrons. The number of hydrogen-bond acceptors (Lipinski definition) is 2. The fourth-order valence-corrected chi connectivity index (χ4v) is 1.86. The molecule has 2 aliphatic rings. The van der Waals surface area contributed by atoms with Crippen LogP contribution in [0.3, 0.4) is 0 Å². The zero-order valence-corrected chi connectivity index (χ0v) is 19.2. The molecule has 111 valence electrons. The second-order valence-corrected chi connectivity index (χ2v) is 42.5. The normalized spacial score (nSPS) is 13.1. The standard InChI is InChI=1S/C12H10N2.CHNS.3BrH.Sn/c1-3-9-5-6-10-4-2-8-14-12(10)11(9)13-7-1;2-1-3;;;;/h1-6H,7-8H2;3H;3*1H;/q-2;;;;;+3/p-4. The molecule has 0 saturated carbocycles. The van der Waals surface area contributed by atoms with E-state index in [0.29, 0.717) is 0 Å². The van der Waals surface area contributed by atoms with Crippen molar-refractivity contribution in [3.63, 3.8) is 0 Å². The minimum atomic E-state index is -1.11. The molecular weight excluding hydrogens is 589 g/mol. The summed E-state index contributed by atoms with van der Waals surface area (Å²) in [5, 5.41) is 17.5. The number of rotatable bonds is 0. The molecule has 0 fully saturated rings. The van der Waals surface area contributed by atoms with Gasteiger partial charge in [-0.05, 0) is 11.1 Å². The van der Waals surface area contributed by atoms with E-state index in [0.717, 1.165) is 24.5 Å². The van der Waals surface area contributed by atoms with Gasteiger partial charge in [0.15, 0.2) is 0 Å². The summed E-state index contributed by atoms with van der Waals surface area (Å²) in [4.78, 5) is 0. The Bertz CT molecular complexity index is 527. The molecular formula is C13H10Br3N3SSn-3. The van der Waals surface area contributed by atoms with Crippen molar-refractivity contribution in [3.05, 3.63) is 46.0 Å². The first-order valence-electron chi connectivity index (χ1n) is 5.80. The van der Waals surface area contributed by atoms with Gasteiger partial charge in [0.25, 0.3) is 0 Å². The molecule has 1 aromatic rings. The quantitative estimate of drug-likeness (QED) is 0.212. The fourth-order valence-electron chi connectivity index (χ4n) is 1.86. The molecule has 0 amide bonds. The molecule has 1 aromatic carbocycles. The Morgan fingerprint density at radius 1 is 1.00 bits per heavy atom. The minimum absolute atomic E-state index is 0.780. The zero-order valence-electron chi connectivity index (χ0n) is 10.8. The molecule has 0 aromatic heterocycles. The van der Waals surface area contributed by atoms with Gasteiger partial charge in [-0.1, -0.05) is 29.7 Å². The van der Waals surface area contributed by atoms with E-state index in [1.165, 1.54) is 16.5 Å². The first kappa shape index (κ1) is 19.3. The van der Waals surface area contributed by atoms with E-state index in [1.807, 2.05) is 0 Å². The fraction of sp³-hybridized carbons (Fsp3) is 0.154. The number of thiocyanates is 1. The van der Waals surface area contributed by atoms with Gasteiger partial charge in [0.1, 0.15) is 0 Å². The molecule has 3 rings (SSSR count). The maximum atomic E-state index is 7.13. The summed E-state index contributed by atoms with van der Waals surface area (Å²) in [5.41, 5.74) is 4.51. The summed E-state index contributed by atoms with van der Waals surface area (Å²) in [5.74, 6) is 0. The number of benzene rings is 1. The molecule has 2 aliphatic heterocycles. The Labute approximate surface area is 155 Å². The van der Waals surface area contributed by atoms with E-state index in [4.69, 9.17) is 5.26 Å². The van der Waals surface area contributed by atoms with Gasteiger partial charge < -0.3 is 23.3 Å². The predicted octanol–water partition coefficient (Wildman–Crippen LogP) is 5.92. The van der Waals surface area contributed by atoms with Gasteiger partial charge in [0.05, 0.1) is 0 Å². The van der Waals surface area contributed by atoms with Crippen molar-refractivity contribution < 1.29 is 0 Å². The number of fused-ring (bicyclic) bond motifs is 3. The molecule has 0 saturated heterocycles. The predicted molar refractivity (Wildman–Crippen MR) is 106 cm³/mol. The third-order valence-electron chi connectivity index (χ3n) is 2.52. The molecule has 0 N–H and O–H groups in total. The Morgan fingerprint density at radius 3 is 1.67 bits per heavy atom. The van der Waals surface area contributed by atoms with Gasteiger partial charge >= 0.3 is 51.2 Å². The van der Waals surface area contributed by atoms with Crippen LogP contribution in [0.15, 0.2) is 24.3 Å². The van der Waals surface area contributed by atoms with Gasteiger partial charge in [-0.25, -0.2) is 5.26 Å². The average Bonchev–Trinajstić information content (AvgIpc) is 2.47. The molecule has 0 spiro atoms. The molecule has 0 unspecified atom stereocenters. The summed E-state index contributed by atoms with van der Waals surface area (Å²) < 4.78 is 0. The number of hydrogen-bond donors (Lipinski definition) is 0. The van der Waals surface area contributed by atoms with E-state index in [-0.39, 0.29) is 0 Å². The Balaban J connectivity index is 0.000000270. The molecule has 0 bridgehead atoms. The Morgan fingerprint density at radius 2 is 1.33 bits per heavy atom. The van der Waals surface area contributed by atoms with Crippen LogP contribution in [0, 0.1) is 10.7 Å². The van der Waals surface area contributed by atoms with Crippen molar-refractivity contribution in [2.75, 3.05) is 13.1 Å². The molecule has 21 heavy (non-hydrogen) atoms. The molecule has 3 nitrogen and oxygen atoms in total. The number of nitriles is 1. The second-order valence-electron chi connectivity index (χ2n) is 3.73. The Hall–Kier alpha value is 0.249. The van der Waals surface area contributed by atoms with Crippen molar-refractivity contribution in [2.45, 2.75) is 0 Å². The van der Waals surface area contributed by atoms with E-state index in [1.54, 1.807) is 0 Å². The third kappa shape index (κ3) is 6.91. The van der Waals surface area contributed by atoms with Crippen molar-refractivity contribution in [2.24, 2.45) is 0 Å². The topological polar surface area (TPSA) is 52.0 Å². The molecule has 8 heteroatoms. The van der Waals surface area contributed by atoms with Gasteiger partial charge in [-0.3, -0.25) is 0 Å². The summed E-state index contributed by atoms with van der Waals surface area (Å²) in [7, 11) is 0. The van der Waals surface area contributed by atoms with Crippen molar-refractivity contribution >= 4 is 87.4 Å².